The Balaban J connectivity index is 3.29. The quantitative estimate of drug-likeness (QED) is 0.490. The highest BCUT2D eigenvalue weighted by Gasteiger charge is 2.09. The Morgan fingerprint density at radius 3 is 2.67 bits per heavy atom. The number of rotatable bonds is 2. The highest BCUT2D eigenvalue weighted by Crippen LogP contribution is 2.01. The molecule has 0 fully saturated rings. The summed E-state index contributed by atoms with van der Waals surface area (Å²) in [5.74, 6) is -0.449. The number of hydrogen-bond acceptors (Lipinski definition) is 3. The van der Waals surface area contributed by atoms with Gasteiger partial charge in [0.25, 0.3) is 0 Å². The molecule has 0 aromatic carbocycles. The zero-order valence-electron chi connectivity index (χ0n) is 6.87. The Kier molecular flexibility index (Phi) is 2.45. The maximum absolute atomic E-state index is 10.9. The minimum absolute atomic E-state index is 0.285. The molecule has 0 saturated heterocycles. The maximum Gasteiger partial charge on any atom is 0.248 e. The average molecular weight is 163 g/mol. The number of pyridine rings is 1. The molecule has 4 N–H and O–H groups in total. The van der Waals surface area contributed by atoms with Gasteiger partial charge in [-0.2, -0.15) is 0 Å². The monoisotopic (exact) mass is 163 g/mol. The summed E-state index contributed by atoms with van der Waals surface area (Å²) >= 11 is 0. The molecule has 0 bridgehead atoms. The fraction of sp³-hybridized carbons (Fsp3) is 0.143. The van der Waals surface area contributed by atoms with Crippen LogP contribution in [-0.2, 0) is 6.54 Å². The predicted molar refractivity (Wildman–Crippen MR) is 48.8 cm³/mol. The fourth-order valence-corrected chi connectivity index (χ4v) is 1.13. The Labute approximate surface area is 71.4 Å². The second kappa shape index (κ2) is 3.36. The number of carbonyl (C=O) groups is 1. The summed E-state index contributed by atoms with van der Waals surface area (Å²) in [5, 5.41) is 0. The molecule has 0 aliphatic carbocycles. The molecule has 0 aliphatic heterocycles. The topological polar surface area (TPSA) is 82.0 Å². The van der Waals surface area contributed by atoms with Gasteiger partial charge in [0.2, 0.25) is 5.91 Å². The lowest BCUT2D eigenvalue weighted by Crippen LogP contribution is -2.26. The van der Waals surface area contributed by atoms with E-state index in [4.69, 9.17) is 11.5 Å². The Bertz CT molecular complexity index is 314. The second-order valence-corrected chi connectivity index (χ2v) is 2.56. The molecule has 0 unspecified atom stereocenters. The SMILES string of the molecule is Bc1cncc(CN)c1C(N)=O. The van der Waals surface area contributed by atoms with Crippen molar-refractivity contribution in [1.29, 1.82) is 0 Å². The van der Waals surface area contributed by atoms with Crippen LogP contribution >= 0.6 is 0 Å². The van der Waals surface area contributed by atoms with Gasteiger partial charge < -0.3 is 11.5 Å². The molecule has 12 heavy (non-hydrogen) atoms. The first kappa shape index (κ1) is 8.74. The standard InChI is InChI=1S/C7H10BN3O/c8-5-3-11-2-4(1-9)6(5)7(10)12/h2-3H,1,8-9H2,(H2,10,12). The second-order valence-electron chi connectivity index (χ2n) is 2.56. The van der Waals surface area contributed by atoms with Crippen molar-refractivity contribution in [2.24, 2.45) is 11.5 Å². The van der Waals surface area contributed by atoms with Gasteiger partial charge in [-0.1, -0.05) is 5.46 Å². The van der Waals surface area contributed by atoms with E-state index in [0.29, 0.717) is 11.1 Å². The van der Waals surface area contributed by atoms with Gasteiger partial charge in [-0.05, 0) is 5.56 Å². The van der Waals surface area contributed by atoms with Gasteiger partial charge in [-0.25, -0.2) is 0 Å². The summed E-state index contributed by atoms with van der Waals surface area (Å²) in [5.41, 5.74) is 12.5. The number of carbonyl (C=O) groups excluding carboxylic acids is 1. The Hall–Kier alpha value is -1.36. The molecule has 4 nitrogen and oxygen atoms in total. The summed E-state index contributed by atoms with van der Waals surface area (Å²) in [7, 11) is 1.78. The lowest BCUT2D eigenvalue weighted by atomic mass is 9.90. The molecule has 62 valence electrons. The summed E-state index contributed by atoms with van der Waals surface area (Å²) in [6.07, 6.45) is 3.16. The van der Waals surface area contributed by atoms with Crippen LogP contribution in [0.1, 0.15) is 15.9 Å². The van der Waals surface area contributed by atoms with Crippen LogP contribution < -0.4 is 16.9 Å². The van der Waals surface area contributed by atoms with Crippen molar-refractivity contribution >= 4 is 19.2 Å². The van der Waals surface area contributed by atoms with E-state index in [1.165, 1.54) is 0 Å². The van der Waals surface area contributed by atoms with Crippen LogP contribution in [-0.4, -0.2) is 18.7 Å². The van der Waals surface area contributed by atoms with E-state index in [2.05, 4.69) is 4.98 Å². The van der Waals surface area contributed by atoms with Crippen LogP contribution in [0.25, 0.3) is 0 Å². The van der Waals surface area contributed by atoms with E-state index in [1.54, 1.807) is 20.2 Å². The molecule has 1 amide bonds. The average Bonchev–Trinajstić information content (AvgIpc) is 2.03. The van der Waals surface area contributed by atoms with E-state index < -0.39 is 5.91 Å². The Morgan fingerprint density at radius 2 is 2.25 bits per heavy atom. The van der Waals surface area contributed by atoms with Gasteiger partial charge >= 0.3 is 0 Å². The number of nitrogens with two attached hydrogens (primary N) is 2. The normalized spacial score (nSPS) is 9.75. The zero-order valence-corrected chi connectivity index (χ0v) is 6.87. The first-order valence-corrected chi connectivity index (χ1v) is 3.60. The largest absolute Gasteiger partial charge is 0.366 e. The van der Waals surface area contributed by atoms with E-state index in [0.717, 1.165) is 5.46 Å². The first-order valence-electron chi connectivity index (χ1n) is 3.60. The van der Waals surface area contributed by atoms with E-state index in [9.17, 15) is 4.79 Å². The molecule has 1 rings (SSSR count). The fourth-order valence-electron chi connectivity index (χ4n) is 1.13. The van der Waals surface area contributed by atoms with Crippen molar-refractivity contribution in [2.45, 2.75) is 6.54 Å². The smallest absolute Gasteiger partial charge is 0.248 e. The lowest BCUT2D eigenvalue weighted by molar-refractivity contribution is 0.100. The van der Waals surface area contributed by atoms with Crippen LogP contribution in [0.15, 0.2) is 12.4 Å². The number of nitrogens with zero attached hydrogens (tertiary/aromatic N) is 1. The molecule has 0 spiro atoms. The van der Waals surface area contributed by atoms with Gasteiger partial charge in [0, 0.05) is 24.5 Å². The van der Waals surface area contributed by atoms with Crippen LogP contribution in [0, 0.1) is 0 Å². The van der Waals surface area contributed by atoms with Crippen molar-refractivity contribution < 1.29 is 4.79 Å². The number of primary amides is 1. The summed E-state index contributed by atoms with van der Waals surface area (Å²) in [6, 6.07) is 0. The number of aromatic nitrogens is 1. The van der Waals surface area contributed by atoms with Crippen molar-refractivity contribution in [3.8, 4) is 0 Å². The van der Waals surface area contributed by atoms with Crippen LogP contribution in [0.3, 0.4) is 0 Å². The minimum Gasteiger partial charge on any atom is -0.366 e. The molecule has 1 aromatic heterocycles. The molecule has 0 atom stereocenters. The van der Waals surface area contributed by atoms with Crippen molar-refractivity contribution in [3.05, 3.63) is 23.5 Å². The minimum atomic E-state index is -0.449. The molecule has 1 aromatic rings. The molecular weight excluding hydrogens is 153 g/mol. The summed E-state index contributed by atoms with van der Waals surface area (Å²) in [4.78, 5) is 14.9. The molecule has 5 heteroatoms. The highest BCUT2D eigenvalue weighted by atomic mass is 16.1. The summed E-state index contributed by atoms with van der Waals surface area (Å²) in [6.45, 7) is 0.285. The van der Waals surface area contributed by atoms with Gasteiger partial charge in [-0.3, -0.25) is 9.78 Å². The lowest BCUT2D eigenvalue weighted by Gasteiger charge is -2.05. The summed E-state index contributed by atoms with van der Waals surface area (Å²) < 4.78 is 0. The number of hydrogen-bond donors (Lipinski definition) is 2. The Morgan fingerprint density at radius 1 is 1.58 bits per heavy atom. The first-order chi connectivity index (χ1) is 5.66. The third-order valence-electron chi connectivity index (χ3n) is 1.68. The number of amides is 1. The van der Waals surface area contributed by atoms with Crippen molar-refractivity contribution in [2.75, 3.05) is 0 Å². The van der Waals surface area contributed by atoms with E-state index >= 15 is 0 Å². The molecular formula is C7H10BN3O. The predicted octanol–water partition coefficient (Wildman–Crippen LogP) is -2.10. The molecule has 0 aliphatic rings. The van der Waals surface area contributed by atoms with E-state index in [1.807, 2.05) is 0 Å². The van der Waals surface area contributed by atoms with Crippen LogP contribution in [0.5, 0.6) is 0 Å². The van der Waals surface area contributed by atoms with Crippen molar-refractivity contribution in [3.63, 3.8) is 0 Å². The third kappa shape index (κ3) is 1.45. The highest BCUT2D eigenvalue weighted by molar-refractivity contribution is 6.36. The molecule has 0 radical (unpaired) electrons. The van der Waals surface area contributed by atoms with Crippen LogP contribution in [0.2, 0.25) is 0 Å². The maximum atomic E-state index is 10.9. The molecule has 0 saturated carbocycles. The van der Waals surface area contributed by atoms with Gasteiger partial charge in [-0.15, -0.1) is 0 Å². The van der Waals surface area contributed by atoms with Gasteiger partial charge in [0.15, 0.2) is 0 Å². The zero-order chi connectivity index (χ0) is 9.14. The van der Waals surface area contributed by atoms with Crippen LogP contribution in [0.4, 0.5) is 0 Å². The van der Waals surface area contributed by atoms with E-state index in [-0.39, 0.29) is 6.54 Å². The third-order valence-corrected chi connectivity index (χ3v) is 1.68. The van der Waals surface area contributed by atoms with Crippen molar-refractivity contribution in [1.82, 2.24) is 4.98 Å². The van der Waals surface area contributed by atoms with Gasteiger partial charge in [0.1, 0.15) is 7.85 Å². The molecule has 1 heterocycles. The van der Waals surface area contributed by atoms with Gasteiger partial charge in [0.05, 0.1) is 0 Å².